The number of ketones is 1. The number of thioether (sulfide) groups is 1. The van der Waals surface area contributed by atoms with Crippen molar-refractivity contribution in [2.45, 2.75) is 35.9 Å². The molecule has 41 heavy (non-hydrogen) atoms. The van der Waals surface area contributed by atoms with Gasteiger partial charge in [0, 0.05) is 21.4 Å². The quantitative estimate of drug-likeness (QED) is 0.0477. The highest BCUT2D eigenvalue weighted by Gasteiger charge is 2.48. The van der Waals surface area contributed by atoms with Crippen LogP contribution in [0, 0.1) is 0 Å². The predicted octanol–water partition coefficient (Wildman–Crippen LogP) is 7.94. The lowest BCUT2D eigenvalue weighted by Crippen LogP contribution is -2.29. The van der Waals surface area contributed by atoms with Crippen LogP contribution in [0.4, 0.5) is 5.13 Å². The zero-order valence-electron chi connectivity index (χ0n) is 21.9. The highest BCUT2D eigenvalue weighted by Crippen LogP contribution is 2.44. The number of nitrogens with zero attached hydrogens (tertiary/aromatic N) is 3. The number of carbonyl (C=O) groups excluding carboxylic acids is 2. The molecule has 0 spiro atoms. The Hall–Kier alpha value is -3.37. The smallest absolute Gasteiger partial charge is 0.301 e. The summed E-state index contributed by atoms with van der Waals surface area (Å²) in [7, 11) is 0. The maximum atomic E-state index is 13.4. The first-order valence-corrected chi connectivity index (χ1v) is 15.4. The van der Waals surface area contributed by atoms with Crippen LogP contribution in [0.25, 0.3) is 5.76 Å². The molecule has 1 unspecified atom stereocenters. The van der Waals surface area contributed by atoms with E-state index in [1.54, 1.807) is 48.5 Å². The summed E-state index contributed by atoms with van der Waals surface area (Å²) in [4.78, 5) is 28.2. The fraction of sp³-hybridized carbons (Fsp3) is 0.200. The Morgan fingerprint density at radius 3 is 2.46 bits per heavy atom. The lowest BCUT2D eigenvalue weighted by Gasteiger charge is -2.22. The van der Waals surface area contributed by atoms with Crippen molar-refractivity contribution >= 4 is 68.9 Å². The molecule has 0 bridgehead atoms. The molecule has 1 amide bonds. The molecular weight excluding hydrogens is 601 g/mol. The molecule has 3 aromatic carbocycles. The van der Waals surface area contributed by atoms with Gasteiger partial charge in [-0.1, -0.05) is 90.0 Å². The van der Waals surface area contributed by atoms with E-state index in [1.807, 2.05) is 24.3 Å². The van der Waals surface area contributed by atoms with E-state index in [9.17, 15) is 14.7 Å². The predicted molar refractivity (Wildman–Crippen MR) is 164 cm³/mol. The molecule has 7 nitrogen and oxygen atoms in total. The molecule has 1 aliphatic rings. The lowest BCUT2D eigenvalue weighted by molar-refractivity contribution is -0.132. The van der Waals surface area contributed by atoms with Crippen molar-refractivity contribution in [1.29, 1.82) is 0 Å². The summed E-state index contributed by atoms with van der Waals surface area (Å²) in [6.45, 7) is 2.67. The molecule has 1 fully saturated rings. The van der Waals surface area contributed by atoms with Crippen molar-refractivity contribution in [3.63, 3.8) is 0 Å². The molecule has 1 N–H and O–H groups in total. The van der Waals surface area contributed by atoms with Crippen molar-refractivity contribution < 1.29 is 19.4 Å². The number of aliphatic hydroxyl groups excluding tert-OH is 1. The number of aliphatic hydroxyl groups is 1. The SMILES string of the molecule is CCCCOc1ccc(C(O)=C2C(=O)C(=O)N(c3nnc(SCc4ccccc4Cl)s3)C2c2ccc(Cl)cc2)cc1. The van der Waals surface area contributed by atoms with Gasteiger partial charge in [0.15, 0.2) is 4.34 Å². The first-order valence-electron chi connectivity index (χ1n) is 12.9. The van der Waals surface area contributed by atoms with Crippen molar-refractivity contribution in [3.05, 3.63) is 105 Å². The monoisotopic (exact) mass is 625 g/mol. The van der Waals surface area contributed by atoms with E-state index < -0.39 is 17.7 Å². The first-order chi connectivity index (χ1) is 19.9. The molecule has 0 saturated carbocycles. The summed E-state index contributed by atoms with van der Waals surface area (Å²) in [5.41, 5.74) is 1.88. The largest absolute Gasteiger partial charge is 0.507 e. The van der Waals surface area contributed by atoms with Gasteiger partial charge in [-0.2, -0.15) is 0 Å². The van der Waals surface area contributed by atoms with E-state index in [2.05, 4.69) is 17.1 Å². The molecule has 5 rings (SSSR count). The van der Waals surface area contributed by atoms with E-state index >= 15 is 0 Å². The van der Waals surface area contributed by atoms with Gasteiger partial charge in [-0.25, -0.2) is 0 Å². The first kappa shape index (κ1) is 29.1. The van der Waals surface area contributed by atoms with Gasteiger partial charge in [0.25, 0.3) is 5.78 Å². The number of Topliss-reactive ketones (excluding diaryl/α,β-unsaturated/α-hetero) is 1. The van der Waals surface area contributed by atoms with E-state index in [-0.39, 0.29) is 16.5 Å². The number of hydrogen-bond acceptors (Lipinski definition) is 8. The molecule has 2 heterocycles. The zero-order chi connectivity index (χ0) is 28.9. The third-order valence-corrected chi connectivity index (χ3v) is 9.16. The Kier molecular flexibility index (Phi) is 9.29. The Balaban J connectivity index is 1.49. The van der Waals surface area contributed by atoms with Crippen LogP contribution in [0.15, 0.2) is 82.7 Å². The van der Waals surface area contributed by atoms with Crippen LogP contribution in [0.3, 0.4) is 0 Å². The standard InChI is InChI=1S/C30H25Cl2N3O4S2/c1-2-3-16-39-22-14-10-19(11-15-22)26(36)24-25(18-8-12-21(31)13-9-18)35(28(38)27(24)37)29-33-34-30(41-29)40-17-20-6-4-5-7-23(20)32/h4-15,25,36H,2-3,16-17H2,1H3. The molecule has 0 radical (unpaired) electrons. The Morgan fingerprint density at radius 1 is 1.02 bits per heavy atom. The molecule has 1 atom stereocenters. The van der Waals surface area contributed by atoms with Gasteiger partial charge in [0.05, 0.1) is 18.2 Å². The number of carbonyl (C=O) groups is 2. The highest BCUT2D eigenvalue weighted by atomic mass is 35.5. The topological polar surface area (TPSA) is 92.6 Å². The maximum Gasteiger partial charge on any atom is 0.301 e. The average Bonchev–Trinajstić information content (AvgIpc) is 3.55. The Bertz CT molecular complexity index is 1590. The minimum Gasteiger partial charge on any atom is -0.507 e. The summed E-state index contributed by atoms with van der Waals surface area (Å²) in [5, 5.41) is 21.3. The van der Waals surface area contributed by atoms with Gasteiger partial charge in [0.1, 0.15) is 11.5 Å². The third kappa shape index (κ3) is 6.43. The molecule has 11 heteroatoms. The molecule has 1 aromatic heterocycles. The summed E-state index contributed by atoms with van der Waals surface area (Å²) >= 11 is 15.0. The number of anilines is 1. The summed E-state index contributed by atoms with van der Waals surface area (Å²) in [6.07, 6.45) is 1.94. The number of halogens is 2. The third-order valence-electron chi connectivity index (χ3n) is 6.44. The fourth-order valence-electron chi connectivity index (χ4n) is 4.30. The Labute approximate surface area is 255 Å². The van der Waals surface area contributed by atoms with Gasteiger partial charge < -0.3 is 9.84 Å². The number of rotatable bonds is 10. The zero-order valence-corrected chi connectivity index (χ0v) is 25.1. The number of amides is 1. The number of aromatic nitrogens is 2. The Morgan fingerprint density at radius 2 is 1.76 bits per heavy atom. The number of benzene rings is 3. The molecule has 1 aliphatic heterocycles. The van der Waals surface area contributed by atoms with E-state index in [0.29, 0.717) is 43.6 Å². The molecule has 4 aromatic rings. The number of hydrogen-bond donors (Lipinski definition) is 1. The lowest BCUT2D eigenvalue weighted by atomic mass is 9.95. The van der Waals surface area contributed by atoms with Crippen molar-refractivity contribution in [2.24, 2.45) is 0 Å². The van der Waals surface area contributed by atoms with Gasteiger partial charge in [-0.3, -0.25) is 14.5 Å². The minimum absolute atomic E-state index is 0.0440. The fourth-order valence-corrected chi connectivity index (χ4v) is 6.58. The van der Waals surface area contributed by atoms with Crippen LogP contribution in [0.5, 0.6) is 5.75 Å². The van der Waals surface area contributed by atoms with Crippen LogP contribution in [0.1, 0.15) is 42.5 Å². The van der Waals surface area contributed by atoms with Crippen LogP contribution in [-0.4, -0.2) is 33.6 Å². The summed E-state index contributed by atoms with van der Waals surface area (Å²) < 4.78 is 6.32. The van der Waals surface area contributed by atoms with Crippen LogP contribution < -0.4 is 9.64 Å². The average molecular weight is 627 g/mol. The molecule has 210 valence electrons. The minimum atomic E-state index is -0.929. The van der Waals surface area contributed by atoms with E-state index in [1.165, 1.54) is 28.0 Å². The maximum absolute atomic E-state index is 13.4. The van der Waals surface area contributed by atoms with Gasteiger partial charge in [-0.15, -0.1) is 10.2 Å². The molecular formula is C30H25Cl2N3O4S2. The van der Waals surface area contributed by atoms with Crippen molar-refractivity contribution in [1.82, 2.24) is 10.2 Å². The summed E-state index contributed by atoms with van der Waals surface area (Å²) in [5.74, 6) is -0.688. The van der Waals surface area contributed by atoms with Crippen LogP contribution in [0.2, 0.25) is 10.0 Å². The van der Waals surface area contributed by atoms with Crippen molar-refractivity contribution in [3.8, 4) is 5.75 Å². The number of ether oxygens (including phenoxy) is 1. The second-order valence-electron chi connectivity index (χ2n) is 9.18. The second-order valence-corrected chi connectivity index (χ2v) is 12.2. The normalized spacial score (nSPS) is 16.4. The van der Waals surface area contributed by atoms with E-state index in [4.69, 9.17) is 27.9 Å². The number of unbranched alkanes of at least 4 members (excludes halogenated alkanes) is 1. The summed E-state index contributed by atoms with van der Waals surface area (Å²) in [6, 6.07) is 20.2. The highest BCUT2D eigenvalue weighted by molar-refractivity contribution is 8.00. The van der Waals surface area contributed by atoms with Crippen LogP contribution in [-0.2, 0) is 15.3 Å². The van der Waals surface area contributed by atoms with E-state index in [0.717, 1.165) is 18.4 Å². The molecule has 1 saturated heterocycles. The van der Waals surface area contributed by atoms with Crippen LogP contribution >= 0.6 is 46.3 Å². The second kappa shape index (κ2) is 13.1. The molecule has 0 aliphatic carbocycles. The van der Waals surface area contributed by atoms with Crippen molar-refractivity contribution in [2.75, 3.05) is 11.5 Å². The van der Waals surface area contributed by atoms with Gasteiger partial charge >= 0.3 is 5.91 Å². The van der Waals surface area contributed by atoms with Gasteiger partial charge in [-0.05, 0) is 60.0 Å². The van der Waals surface area contributed by atoms with Gasteiger partial charge in [0.2, 0.25) is 5.13 Å².